The van der Waals surface area contributed by atoms with Crippen LogP contribution in [0.25, 0.3) is 0 Å². The summed E-state index contributed by atoms with van der Waals surface area (Å²) in [6, 6.07) is -0.977. The summed E-state index contributed by atoms with van der Waals surface area (Å²) in [6.45, 7) is 3.17. The quantitative estimate of drug-likeness (QED) is 0.575. The number of carboxylic acid groups (broad SMARTS) is 1. The Hall–Kier alpha value is -1.14. The van der Waals surface area contributed by atoms with Gasteiger partial charge in [-0.05, 0) is 19.9 Å². The summed E-state index contributed by atoms with van der Waals surface area (Å²) in [7, 11) is 1.40. The van der Waals surface area contributed by atoms with Gasteiger partial charge in [-0.1, -0.05) is 0 Å². The van der Waals surface area contributed by atoms with Crippen molar-refractivity contribution in [1.82, 2.24) is 10.6 Å². The Labute approximate surface area is 94.3 Å². The van der Waals surface area contributed by atoms with Crippen LogP contribution in [0.4, 0.5) is 0 Å². The smallest absolute Gasteiger partial charge is 0.328 e. The van der Waals surface area contributed by atoms with Crippen LogP contribution in [0, 0.1) is 5.41 Å². The molecule has 1 aliphatic heterocycles. The molecule has 1 aliphatic rings. The van der Waals surface area contributed by atoms with Crippen molar-refractivity contribution in [1.29, 1.82) is 0 Å². The van der Waals surface area contributed by atoms with Crippen LogP contribution in [0.3, 0.4) is 0 Å². The van der Waals surface area contributed by atoms with Crippen LogP contribution in [0.15, 0.2) is 0 Å². The van der Waals surface area contributed by atoms with Gasteiger partial charge in [0.1, 0.15) is 0 Å². The predicted octanol–water partition coefficient (Wildman–Crippen LogP) is -0.798. The first-order chi connectivity index (χ1) is 7.49. The lowest BCUT2D eigenvalue weighted by molar-refractivity contribution is -0.145. The summed E-state index contributed by atoms with van der Waals surface area (Å²) in [5, 5.41) is 14.5. The van der Waals surface area contributed by atoms with Crippen molar-refractivity contribution in [3.8, 4) is 0 Å². The van der Waals surface area contributed by atoms with Gasteiger partial charge >= 0.3 is 5.97 Å². The van der Waals surface area contributed by atoms with Crippen LogP contribution in [-0.4, -0.2) is 49.8 Å². The predicted molar refractivity (Wildman–Crippen MR) is 57.0 cm³/mol. The lowest BCUT2D eigenvalue weighted by Gasteiger charge is -2.24. The van der Waals surface area contributed by atoms with E-state index in [9.17, 15) is 9.59 Å². The summed E-state index contributed by atoms with van der Waals surface area (Å²) in [5.41, 5.74) is -0.512. The zero-order valence-corrected chi connectivity index (χ0v) is 9.58. The normalized spacial score (nSPS) is 26.4. The van der Waals surface area contributed by atoms with Gasteiger partial charge in [-0.3, -0.25) is 4.79 Å². The van der Waals surface area contributed by atoms with Crippen LogP contribution in [0.2, 0.25) is 0 Å². The molecule has 6 nitrogen and oxygen atoms in total. The first-order valence-electron chi connectivity index (χ1n) is 5.23. The topological polar surface area (TPSA) is 87.7 Å². The van der Waals surface area contributed by atoms with Crippen molar-refractivity contribution >= 4 is 11.9 Å². The van der Waals surface area contributed by atoms with Crippen LogP contribution in [-0.2, 0) is 14.3 Å². The number of hydrogen-bond donors (Lipinski definition) is 3. The van der Waals surface area contributed by atoms with Gasteiger partial charge in [-0.15, -0.1) is 0 Å². The number of amides is 1. The molecule has 0 aromatic rings. The molecule has 92 valence electrons. The summed E-state index contributed by atoms with van der Waals surface area (Å²) in [6.07, 6.45) is 0.720. The monoisotopic (exact) mass is 230 g/mol. The second-order valence-electron chi connectivity index (χ2n) is 4.31. The highest BCUT2D eigenvalue weighted by Gasteiger charge is 2.38. The Kier molecular flexibility index (Phi) is 4.26. The van der Waals surface area contributed by atoms with Gasteiger partial charge < -0.3 is 20.5 Å². The minimum absolute atomic E-state index is 0.0232. The SMILES string of the molecule is COCC(NC(=O)C1(C)CCNC1)C(=O)O. The second-order valence-corrected chi connectivity index (χ2v) is 4.31. The minimum atomic E-state index is -1.08. The molecule has 2 atom stereocenters. The molecule has 0 saturated carbocycles. The van der Waals surface area contributed by atoms with Gasteiger partial charge in [-0.25, -0.2) is 4.79 Å². The number of hydrogen-bond acceptors (Lipinski definition) is 4. The van der Waals surface area contributed by atoms with E-state index in [0.29, 0.717) is 6.54 Å². The lowest BCUT2D eigenvalue weighted by atomic mass is 9.88. The Morgan fingerprint density at radius 1 is 1.62 bits per heavy atom. The van der Waals surface area contributed by atoms with Crippen molar-refractivity contribution in [3.05, 3.63) is 0 Å². The third-order valence-corrected chi connectivity index (χ3v) is 2.85. The molecule has 0 aromatic carbocycles. The van der Waals surface area contributed by atoms with Crippen LogP contribution < -0.4 is 10.6 Å². The maximum absolute atomic E-state index is 11.9. The molecule has 16 heavy (non-hydrogen) atoms. The summed E-state index contributed by atoms with van der Waals surface area (Å²) < 4.78 is 4.75. The first-order valence-corrected chi connectivity index (χ1v) is 5.23. The van der Waals surface area contributed by atoms with Crippen LogP contribution >= 0.6 is 0 Å². The van der Waals surface area contributed by atoms with Crippen molar-refractivity contribution in [2.45, 2.75) is 19.4 Å². The molecular formula is C10H18N2O4. The number of carbonyl (C=O) groups excluding carboxylic acids is 1. The molecule has 0 bridgehead atoms. The molecule has 3 N–H and O–H groups in total. The van der Waals surface area contributed by atoms with Gasteiger partial charge in [0.25, 0.3) is 0 Å². The number of ether oxygens (including phenoxy) is 1. The lowest BCUT2D eigenvalue weighted by Crippen LogP contribution is -2.50. The molecular weight excluding hydrogens is 212 g/mol. The minimum Gasteiger partial charge on any atom is -0.480 e. The fourth-order valence-corrected chi connectivity index (χ4v) is 1.68. The molecule has 0 spiro atoms. The summed E-state index contributed by atoms with van der Waals surface area (Å²) in [4.78, 5) is 22.7. The highest BCUT2D eigenvalue weighted by Crippen LogP contribution is 2.24. The maximum Gasteiger partial charge on any atom is 0.328 e. The molecule has 0 aliphatic carbocycles. The van der Waals surface area contributed by atoms with E-state index in [1.54, 1.807) is 0 Å². The third kappa shape index (κ3) is 2.93. The number of carbonyl (C=O) groups is 2. The molecule has 1 amide bonds. The average molecular weight is 230 g/mol. The molecule has 0 radical (unpaired) electrons. The number of methoxy groups -OCH3 is 1. The highest BCUT2D eigenvalue weighted by molar-refractivity contribution is 5.87. The molecule has 1 saturated heterocycles. The van der Waals surface area contributed by atoms with E-state index in [2.05, 4.69) is 10.6 Å². The van der Waals surface area contributed by atoms with Crippen LogP contribution in [0.5, 0.6) is 0 Å². The maximum atomic E-state index is 11.9. The van der Waals surface area contributed by atoms with E-state index >= 15 is 0 Å². The van der Waals surface area contributed by atoms with Gasteiger partial charge in [0, 0.05) is 13.7 Å². The van der Waals surface area contributed by atoms with Crippen molar-refractivity contribution in [2.75, 3.05) is 26.8 Å². The molecule has 1 fully saturated rings. The van der Waals surface area contributed by atoms with Crippen molar-refractivity contribution in [3.63, 3.8) is 0 Å². The molecule has 6 heteroatoms. The van der Waals surface area contributed by atoms with Gasteiger partial charge in [0.15, 0.2) is 6.04 Å². The Bertz CT molecular complexity index is 274. The molecule has 0 aromatic heterocycles. The number of rotatable bonds is 5. The second kappa shape index (κ2) is 5.27. The van der Waals surface area contributed by atoms with E-state index in [-0.39, 0.29) is 12.5 Å². The van der Waals surface area contributed by atoms with Crippen molar-refractivity contribution in [2.24, 2.45) is 5.41 Å². The van der Waals surface area contributed by atoms with E-state index < -0.39 is 17.4 Å². The summed E-state index contributed by atoms with van der Waals surface area (Å²) in [5.74, 6) is -1.31. The largest absolute Gasteiger partial charge is 0.480 e. The van der Waals surface area contributed by atoms with E-state index in [1.807, 2.05) is 6.92 Å². The first kappa shape index (κ1) is 12.9. The molecule has 1 heterocycles. The third-order valence-electron chi connectivity index (χ3n) is 2.85. The molecule has 2 unspecified atom stereocenters. The Balaban J connectivity index is 2.57. The van der Waals surface area contributed by atoms with Gasteiger partial charge in [0.2, 0.25) is 5.91 Å². The zero-order valence-electron chi connectivity index (χ0n) is 9.58. The van der Waals surface area contributed by atoms with Crippen LogP contribution in [0.1, 0.15) is 13.3 Å². The van der Waals surface area contributed by atoms with E-state index in [1.165, 1.54) is 7.11 Å². The Morgan fingerprint density at radius 3 is 2.75 bits per heavy atom. The number of aliphatic carboxylic acids is 1. The number of carboxylic acids is 1. The zero-order chi connectivity index (χ0) is 12.2. The fraction of sp³-hybridized carbons (Fsp3) is 0.800. The van der Waals surface area contributed by atoms with Crippen molar-refractivity contribution < 1.29 is 19.4 Å². The van der Waals surface area contributed by atoms with E-state index in [0.717, 1.165) is 13.0 Å². The van der Waals surface area contributed by atoms with Gasteiger partial charge in [0.05, 0.1) is 12.0 Å². The Morgan fingerprint density at radius 2 is 2.31 bits per heavy atom. The fourth-order valence-electron chi connectivity index (χ4n) is 1.68. The number of nitrogens with one attached hydrogen (secondary N) is 2. The van der Waals surface area contributed by atoms with E-state index in [4.69, 9.17) is 9.84 Å². The van der Waals surface area contributed by atoms with Gasteiger partial charge in [-0.2, -0.15) is 0 Å². The highest BCUT2D eigenvalue weighted by atomic mass is 16.5. The summed E-state index contributed by atoms with van der Waals surface area (Å²) >= 11 is 0. The standard InChI is InChI=1S/C10H18N2O4/c1-10(3-4-11-6-10)9(15)12-7(5-16-2)8(13)14/h7,11H,3-6H2,1-2H3,(H,12,15)(H,13,14). The average Bonchev–Trinajstić information content (AvgIpc) is 2.65. The molecule has 1 rings (SSSR count).